The number of carbonyl (C=O) groups excluding carboxylic acids is 1. The van der Waals surface area contributed by atoms with Gasteiger partial charge in [-0.3, -0.25) is 4.79 Å². The van der Waals surface area contributed by atoms with Crippen molar-refractivity contribution in [3.05, 3.63) is 23.2 Å². The zero-order valence-electron chi connectivity index (χ0n) is 12.0. The summed E-state index contributed by atoms with van der Waals surface area (Å²) < 4.78 is 11.0. The van der Waals surface area contributed by atoms with Gasteiger partial charge in [-0.25, -0.2) is 0 Å². The van der Waals surface area contributed by atoms with Gasteiger partial charge in [0.2, 0.25) is 5.91 Å². The van der Waals surface area contributed by atoms with Crippen LogP contribution in [-0.2, 0) is 11.8 Å². The van der Waals surface area contributed by atoms with Crippen LogP contribution in [0.15, 0.2) is 27.7 Å². The summed E-state index contributed by atoms with van der Waals surface area (Å²) in [6.07, 6.45) is 0.213. The monoisotopic (exact) mass is 343 g/mol. The second-order valence-electron chi connectivity index (χ2n) is 4.28. The Balaban J connectivity index is 1.90. The van der Waals surface area contributed by atoms with Gasteiger partial charge in [-0.1, -0.05) is 28.0 Å². The summed E-state index contributed by atoms with van der Waals surface area (Å²) in [6.45, 7) is 0. The molecule has 0 unspecified atom stereocenters. The lowest BCUT2D eigenvalue weighted by molar-refractivity contribution is -0.772. The number of rotatable bonds is 6. The molecule has 9 heteroatoms. The number of benzene rings is 1. The van der Waals surface area contributed by atoms with E-state index in [0.717, 1.165) is 0 Å². The van der Waals surface area contributed by atoms with Gasteiger partial charge in [0.05, 0.1) is 18.1 Å². The molecular formula is C13H14ClN3O4S. The van der Waals surface area contributed by atoms with E-state index in [9.17, 15) is 9.90 Å². The Kier molecular flexibility index (Phi) is 5.51. The third-order valence-electron chi connectivity index (χ3n) is 2.72. The number of thioether (sulfide) groups is 1. The van der Waals surface area contributed by atoms with E-state index < -0.39 is 5.95 Å². The largest absolute Gasteiger partial charge is 0.538 e. The van der Waals surface area contributed by atoms with Gasteiger partial charge in [0, 0.05) is 17.2 Å². The van der Waals surface area contributed by atoms with E-state index in [1.54, 1.807) is 25.2 Å². The summed E-state index contributed by atoms with van der Waals surface area (Å²) in [4.78, 5) is 11.9. The normalized spacial score (nSPS) is 10.5. The van der Waals surface area contributed by atoms with Crippen molar-refractivity contribution in [3.63, 3.8) is 0 Å². The molecule has 0 radical (unpaired) electrons. The summed E-state index contributed by atoms with van der Waals surface area (Å²) >= 11 is 7.11. The van der Waals surface area contributed by atoms with Crippen molar-refractivity contribution in [1.82, 2.24) is 5.27 Å². The molecule has 2 rings (SSSR count). The van der Waals surface area contributed by atoms with Gasteiger partial charge >= 0.3 is 0 Å². The molecule has 22 heavy (non-hydrogen) atoms. The number of amides is 1. The minimum atomic E-state index is -0.510. The molecule has 1 heterocycles. The van der Waals surface area contributed by atoms with E-state index in [4.69, 9.17) is 16.3 Å². The summed E-state index contributed by atoms with van der Waals surface area (Å²) in [5.74, 6) is 0.223. The maximum absolute atomic E-state index is 11.9. The molecule has 1 amide bonds. The third-order valence-corrected chi connectivity index (χ3v) is 4.07. The summed E-state index contributed by atoms with van der Waals surface area (Å²) in [5.41, 5.74) is 0.505. The van der Waals surface area contributed by atoms with Crippen LogP contribution in [0.25, 0.3) is 0 Å². The number of carbonyl (C=O) groups is 1. The fourth-order valence-corrected chi connectivity index (χ4v) is 2.72. The standard InChI is InChI=1S/C13H14ClN3O4S/c1-17-12(13(19)21-16-17)22-6-5-11(18)15-9-7-8(14)3-4-10(9)20-2/h3-4,7H,5-6H2,1-2H3,(H-,15,16,18,19). The molecule has 0 aliphatic carbocycles. The number of nitrogens with one attached hydrogen (secondary N) is 1. The van der Waals surface area contributed by atoms with Crippen LogP contribution >= 0.6 is 23.4 Å². The quantitative estimate of drug-likeness (QED) is 0.629. The molecular weight excluding hydrogens is 330 g/mol. The molecule has 118 valence electrons. The van der Waals surface area contributed by atoms with Gasteiger partial charge in [-0.15, -0.1) is 0 Å². The molecule has 7 nitrogen and oxygen atoms in total. The summed E-state index contributed by atoms with van der Waals surface area (Å²) in [6, 6.07) is 4.96. The molecule has 0 bridgehead atoms. The van der Waals surface area contributed by atoms with Crippen molar-refractivity contribution in [2.45, 2.75) is 11.4 Å². The minimum Gasteiger partial charge on any atom is -0.538 e. The smallest absolute Gasteiger partial charge is 0.290 e. The second-order valence-corrected chi connectivity index (χ2v) is 5.80. The van der Waals surface area contributed by atoms with Crippen molar-refractivity contribution < 1.29 is 23.8 Å². The molecule has 0 atom stereocenters. The van der Waals surface area contributed by atoms with Crippen LogP contribution in [0.2, 0.25) is 5.02 Å². The maximum atomic E-state index is 11.9. The topological polar surface area (TPSA) is 91.3 Å². The SMILES string of the molecule is COc1ccc(Cl)cc1NC(=O)CCSc1c([O-])on[n+]1C. The van der Waals surface area contributed by atoms with Crippen molar-refractivity contribution in [3.8, 4) is 11.7 Å². The van der Waals surface area contributed by atoms with Crippen molar-refractivity contribution in [1.29, 1.82) is 0 Å². The minimum absolute atomic E-state index is 0.209. The Morgan fingerprint density at radius 3 is 3.00 bits per heavy atom. The number of hydrogen-bond donors (Lipinski definition) is 1. The van der Waals surface area contributed by atoms with E-state index in [-0.39, 0.29) is 12.3 Å². The predicted molar refractivity (Wildman–Crippen MR) is 79.1 cm³/mol. The first-order chi connectivity index (χ1) is 10.5. The number of hydrogen-bond acceptors (Lipinski definition) is 6. The first kappa shape index (κ1) is 16.4. The van der Waals surface area contributed by atoms with Crippen LogP contribution in [0.4, 0.5) is 5.69 Å². The molecule has 1 N–H and O–H groups in total. The van der Waals surface area contributed by atoms with E-state index in [1.807, 2.05) is 0 Å². The fraction of sp³-hybridized carbons (Fsp3) is 0.308. The van der Waals surface area contributed by atoms with Crippen LogP contribution in [0.5, 0.6) is 11.7 Å². The van der Waals surface area contributed by atoms with Crippen LogP contribution in [0.1, 0.15) is 6.42 Å². The average Bonchev–Trinajstić information content (AvgIpc) is 2.79. The molecule has 0 spiro atoms. The Morgan fingerprint density at radius 1 is 1.59 bits per heavy atom. The van der Waals surface area contributed by atoms with E-state index >= 15 is 0 Å². The van der Waals surface area contributed by atoms with Crippen molar-refractivity contribution >= 4 is 35.0 Å². The molecule has 0 aliphatic heterocycles. The van der Waals surface area contributed by atoms with Crippen molar-refractivity contribution in [2.75, 3.05) is 18.2 Å². The van der Waals surface area contributed by atoms with Gasteiger partial charge < -0.3 is 19.7 Å². The lowest BCUT2D eigenvalue weighted by Gasteiger charge is -2.10. The van der Waals surface area contributed by atoms with Gasteiger partial charge in [0.15, 0.2) is 13.0 Å². The zero-order chi connectivity index (χ0) is 16.1. The third kappa shape index (κ3) is 4.05. The molecule has 0 saturated heterocycles. The number of nitrogens with zero attached hydrogens (tertiary/aromatic N) is 2. The molecule has 1 aromatic carbocycles. The zero-order valence-corrected chi connectivity index (χ0v) is 13.5. The number of aryl methyl sites for hydroxylation is 1. The molecule has 0 aliphatic rings. The Morgan fingerprint density at radius 2 is 2.36 bits per heavy atom. The first-order valence-electron chi connectivity index (χ1n) is 6.30. The number of ether oxygens (including phenoxy) is 1. The summed E-state index contributed by atoms with van der Waals surface area (Å²) in [5, 5.41) is 18.4. The van der Waals surface area contributed by atoms with E-state index in [0.29, 0.717) is 27.2 Å². The van der Waals surface area contributed by atoms with Gasteiger partial charge in [-0.05, 0) is 18.2 Å². The fourth-order valence-electron chi connectivity index (χ4n) is 1.69. The number of methoxy groups -OCH3 is 1. The highest BCUT2D eigenvalue weighted by Crippen LogP contribution is 2.28. The number of halogens is 1. The summed E-state index contributed by atoms with van der Waals surface area (Å²) in [7, 11) is 3.11. The van der Waals surface area contributed by atoms with Crippen LogP contribution in [-0.4, -0.2) is 24.0 Å². The lowest BCUT2D eigenvalue weighted by atomic mass is 10.3. The van der Waals surface area contributed by atoms with Gasteiger partial charge in [-0.2, -0.15) is 0 Å². The highest BCUT2D eigenvalue weighted by atomic mass is 35.5. The molecule has 0 saturated carbocycles. The van der Waals surface area contributed by atoms with Gasteiger partial charge in [0.25, 0.3) is 5.03 Å². The molecule has 1 aromatic heterocycles. The first-order valence-corrected chi connectivity index (χ1v) is 7.67. The van der Waals surface area contributed by atoms with Gasteiger partial charge in [0.1, 0.15) is 5.75 Å². The highest BCUT2D eigenvalue weighted by Gasteiger charge is 2.15. The number of anilines is 1. The Hall–Kier alpha value is -1.93. The van der Waals surface area contributed by atoms with E-state index in [2.05, 4.69) is 15.1 Å². The van der Waals surface area contributed by atoms with E-state index in [1.165, 1.54) is 23.6 Å². The van der Waals surface area contributed by atoms with Crippen LogP contribution in [0.3, 0.4) is 0 Å². The lowest BCUT2D eigenvalue weighted by Crippen LogP contribution is -2.32. The molecule has 0 fully saturated rings. The van der Waals surface area contributed by atoms with Crippen molar-refractivity contribution in [2.24, 2.45) is 7.05 Å². The maximum Gasteiger partial charge on any atom is 0.290 e. The Labute approximate surface area is 136 Å². The molecule has 2 aromatic rings. The van der Waals surface area contributed by atoms with Crippen LogP contribution in [0, 0.1) is 0 Å². The highest BCUT2D eigenvalue weighted by molar-refractivity contribution is 7.99. The van der Waals surface area contributed by atoms with Crippen LogP contribution < -0.4 is 19.8 Å². The number of aromatic nitrogens is 2. The average molecular weight is 344 g/mol. The Bertz CT molecular complexity index is 658. The second kappa shape index (κ2) is 7.37. The predicted octanol–water partition coefficient (Wildman–Crippen LogP) is 1.36.